The van der Waals surface area contributed by atoms with E-state index in [9.17, 15) is 17.6 Å². The number of nitrogens with zero attached hydrogens (tertiary/aromatic N) is 1. The minimum Gasteiger partial charge on any atom is -0.385 e. The van der Waals surface area contributed by atoms with Crippen LogP contribution in [0.3, 0.4) is 0 Å². The Kier molecular flexibility index (Phi) is 6.09. The summed E-state index contributed by atoms with van der Waals surface area (Å²) < 4.78 is 41.0. The maximum atomic E-state index is 13.6. The maximum absolute atomic E-state index is 13.6. The van der Waals surface area contributed by atoms with Crippen LogP contribution >= 0.6 is 11.6 Å². The van der Waals surface area contributed by atoms with Gasteiger partial charge in [0.1, 0.15) is 10.7 Å². The summed E-state index contributed by atoms with van der Waals surface area (Å²) in [5, 5.41) is 4.72. The van der Waals surface area contributed by atoms with Gasteiger partial charge in [0.2, 0.25) is 10.0 Å². The summed E-state index contributed by atoms with van der Waals surface area (Å²) >= 11 is 5.80. The lowest BCUT2D eigenvalue weighted by atomic mass is 10.2. The number of ether oxygens (including phenoxy) is 1. The number of carbonyl (C=O) groups is 1. The molecule has 1 aromatic rings. The summed E-state index contributed by atoms with van der Waals surface area (Å²) in [5.74, 6) is -1.62. The number of primary sulfonamides is 1. The Bertz CT molecular complexity index is 636. The first-order chi connectivity index (χ1) is 9.68. The Morgan fingerprint density at radius 3 is 2.62 bits per heavy atom. The number of methoxy groups -OCH3 is 1. The van der Waals surface area contributed by atoms with Crippen molar-refractivity contribution in [3.63, 3.8) is 0 Å². The number of carbonyl (C=O) groups excluding carboxylic acids is 1. The van der Waals surface area contributed by atoms with Crippen LogP contribution in [0.2, 0.25) is 5.02 Å². The quantitative estimate of drug-likeness (QED) is 0.790. The molecule has 0 aliphatic rings. The van der Waals surface area contributed by atoms with E-state index in [2.05, 4.69) is 0 Å². The van der Waals surface area contributed by atoms with Gasteiger partial charge in [-0.2, -0.15) is 0 Å². The highest BCUT2D eigenvalue weighted by Crippen LogP contribution is 2.24. The molecule has 1 aromatic carbocycles. The fraction of sp³-hybridized carbons (Fsp3) is 0.417. The first kappa shape index (κ1) is 17.8. The molecule has 21 heavy (non-hydrogen) atoms. The van der Waals surface area contributed by atoms with E-state index >= 15 is 0 Å². The van der Waals surface area contributed by atoms with Gasteiger partial charge in [0, 0.05) is 27.3 Å². The molecule has 0 unspecified atom stereocenters. The normalized spacial score (nSPS) is 11.5. The molecule has 0 aliphatic heterocycles. The summed E-state index contributed by atoms with van der Waals surface area (Å²) in [6, 6.07) is 1.61. The van der Waals surface area contributed by atoms with Crippen molar-refractivity contribution in [3.8, 4) is 0 Å². The van der Waals surface area contributed by atoms with Crippen molar-refractivity contribution in [2.75, 3.05) is 27.3 Å². The summed E-state index contributed by atoms with van der Waals surface area (Å²) in [5.41, 5.74) is -0.123. The van der Waals surface area contributed by atoms with Crippen molar-refractivity contribution >= 4 is 27.5 Å². The second kappa shape index (κ2) is 7.17. The Labute approximate surface area is 127 Å². The van der Waals surface area contributed by atoms with Gasteiger partial charge in [0.05, 0.1) is 10.6 Å². The average molecular weight is 339 g/mol. The van der Waals surface area contributed by atoms with Crippen LogP contribution in [0.1, 0.15) is 16.8 Å². The number of hydrogen-bond acceptors (Lipinski definition) is 4. The van der Waals surface area contributed by atoms with Crippen molar-refractivity contribution in [1.82, 2.24) is 4.90 Å². The summed E-state index contributed by atoms with van der Waals surface area (Å²) in [6.45, 7) is 0.849. The smallest absolute Gasteiger partial charge is 0.255 e. The molecule has 0 aliphatic carbocycles. The molecule has 1 amide bonds. The fourth-order valence-corrected chi connectivity index (χ4v) is 2.51. The highest BCUT2D eigenvalue weighted by molar-refractivity contribution is 7.89. The third-order valence-electron chi connectivity index (χ3n) is 2.75. The second-order valence-corrected chi connectivity index (χ2v) is 6.32. The van der Waals surface area contributed by atoms with Gasteiger partial charge in [-0.05, 0) is 18.6 Å². The predicted octanol–water partition coefficient (Wildman–Crippen LogP) is 1.24. The van der Waals surface area contributed by atoms with Crippen molar-refractivity contribution in [2.24, 2.45) is 5.14 Å². The topological polar surface area (TPSA) is 89.7 Å². The standard InChI is InChI=1S/C12H16ClFN2O4S/c1-16(4-3-5-20-2)12(17)8-6-11(21(15,18)19)10(14)7-9(8)13/h6-7H,3-5H2,1-2H3,(H2,15,18,19). The zero-order valence-corrected chi connectivity index (χ0v) is 13.2. The number of rotatable bonds is 6. The molecule has 0 aromatic heterocycles. The molecule has 0 atom stereocenters. The summed E-state index contributed by atoms with van der Waals surface area (Å²) in [4.78, 5) is 12.8. The number of sulfonamides is 1. The van der Waals surface area contributed by atoms with E-state index in [-0.39, 0.29) is 10.6 Å². The van der Waals surface area contributed by atoms with Crippen LogP contribution in [0, 0.1) is 5.82 Å². The van der Waals surface area contributed by atoms with Gasteiger partial charge in [-0.15, -0.1) is 0 Å². The summed E-state index contributed by atoms with van der Waals surface area (Å²) in [6.07, 6.45) is 0.597. The van der Waals surface area contributed by atoms with Crippen molar-refractivity contribution < 1.29 is 22.3 Å². The maximum Gasteiger partial charge on any atom is 0.255 e. The first-order valence-electron chi connectivity index (χ1n) is 5.94. The van der Waals surface area contributed by atoms with Gasteiger partial charge in [0.25, 0.3) is 5.91 Å². The van der Waals surface area contributed by atoms with Gasteiger partial charge in [-0.1, -0.05) is 11.6 Å². The molecule has 118 valence electrons. The highest BCUT2D eigenvalue weighted by atomic mass is 35.5. The van der Waals surface area contributed by atoms with Crippen LogP contribution in [0.4, 0.5) is 4.39 Å². The number of amides is 1. The molecule has 0 saturated carbocycles. The first-order valence-corrected chi connectivity index (χ1v) is 7.87. The van der Waals surface area contributed by atoms with E-state index in [1.54, 1.807) is 0 Å². The van der Waals surface area contributed by atoms with Crippen LogP contribution in [0.15, 0.2) is 17.0 Å². The lowest BCUT2D eigenvalue weighted by Crippen LogP contribution is -2.29. The number of halogens is 2. The average Bonchev–Trinajstić information content (AvgIpc) is 2.36. The molecule has 0 fully saturated rings. The zero-order valence-electron chi connectivity index (χ0n) is 11.6. The summed E-state index contributed by atoms with van der Waals surface area (Å²) in [7, 11) is -1.22. The molecule has 9 heteroatoms. The van der Waals surface area contributed by atoms with Crippen molar-refractivity contribution in [2.45, 2.75) is 11.3 Å². The molecule has 0 saturated heterocycles. The van der Waals surface area contributed by atoms with Crippen molar-refractivity contribution in [3.05, 3.63) is 28.5 Å². The number of nitrogens with two attached hydrogens (primary N) is 1. The van der Waals surface area contributed by atoms with Gasteiger partial charge < -0.3 is 9.64 Å². The van der Waals surface area contributed by atoms with Crippen LogP contribution in [0.25, 0.3) is 0 Å². The minimum absolute atomic E-state index is 0.123. The molecule has 6 nitrogen and oxygen atoms in total. The van der Waals surface area contributed by atoms with E-state index in [1.807, 2.05) is 0 Å². The number of benzene rings is 1. The molecule has 2 N–H and O–H groups in total. The Hall–Kier alpha value is -1.22. The zero-order chi connectivity index (χ0) is 16.2. The molecular weight excluding hydrogens is 323 g/mol. The second-order valence-electron chi connectivity index (χ2n) is 4.38. The van der Waals surface area contributed by atoms with E-state index < -0.39 is 26.6 Å². The van der Waals surface area contributed by atoms with E-state index in [1.165, 1.54) is 19.1 Å². The highest BCUT2D eigenvalue weighted by Gasteiger charge is 2.22. The van der Waals surface area contributed by atoms with E-state index in [0.717, 1.165) is 12.1 Å². The molecule has 0 bridgehead atoms. The molecular formula is C12H16ClFN2O4S. The lowest BCUT2D eigenvalue weighted by molar-refractivity contribution is 0.0779. The van der Waals surface area contributed by atoms with Gasteiger partial charge in [-0.25, -0.2) is 17.9 Å². The van der Waals surface area contributed by atoms with Crippen LogP contribution in [-0.2, 0) is 14.8 Å². The van der Waals surface area contributed by atoms with Crippen LogP contribution < -0.4 is 5.14 Å². The largest absolute Gasteiger partial charge is 0.385 e. The minimum atomic E-state index is -4.28. The van der Waals surface area contributed by atoms with E-state index in [4.69, 9.17) is 21.5 Å². The van der Waals surface area contributed by atoms with Gasteiger partial charge in [-0.3, -0.25) is 4.79 Å². The molecule has 0 spiro atoms. The fourth-order valence-electron chi connectivity index (χ4n) is 1.66. The van der Waals surface area contributed by atoms with Crippen LogP contribution in [-0.4, -0.2) is 46.5 Å². The Morgan fingerprint density at radius 1 is 1.48 bits per heavy atom. The molecule has 0 radical (unpaired) electrons. The lowest BCUT2D eigenvalue weighted by Gasteiger charge is -2.18. The van der Waals surface area contributed by atoms with Crippen LogP contribution in [0.5, 0.6) is 0 Å². The Morgan fingerprint density at radius 2 is 2.10 bits per heavy atom. The van der Waals surface area contributed by atoms with E-state index in [0.29, 0.717) is 19.6 Å². The molecule has 0 heterocycles. The Balaban J connectivity index is 3.10. The number of hydrogen-bond donors (Lipinski definition) is 1. The third-order valence-corrected chi connectivity index (χ3v) is 3.99. The predicted molar refractivity (Wildman–Crippen MR) is 76.2 cm³/mol. The molecule has 1 rings (SSSR count). The SMILES string of the molecule is COCCCN(C)C(=O)c1cc(S(N)(=O)=O)c(F)cc1Cl. The van der Waals surface area contributed by atoms with Crippen molar-refractivity contribution in [1.29, 1.82) is 0 Å². The van der Waals surface area contributed by atoms with Gasteiger partial charge in [0.15, 0.2) is 0 Å². The third kappa shape index (κ3) is 4.63. The monoisotopic (exact) mass is 338 g/mol. The van der Waals surface area contributed by atoms with Gasteiger partial charge >= 0.3 is 0 Å².